The largest absolute Gasteiger partial charge is 0.493 e. The predicted octanol–water partition coefficient (Wildman–Crippen LogP) is 4.10. The molecule has 146 valence electrons. The summed E-state index contributed by atoms with van der Waals surface area (Å²) in [7, 11) is 4.82. The number of nitrogens with zero attached hydrogens (tertiary/aromatic N) is 3. The zero-order valence-electron chi connectivity index (χ0n) is 15.8. The first-order valence-electron chi connectivity index (χ1n) is 8.86. The van der Waals surface area contributed by atoms with Crippen molar-refractivity contribution < 1.29 is 14.2 Å². The second-order valence-corrected chi connectivity index (χ2v) is 6.92. The standard InChI is InChI=1S/C20H21ClN4O3/c1-26-17-8-13(9-18(27-2)19(17)28-3)16-10-15(12-4-6-14(21)7-5-12)24-20-22-11-23-25(16)20/h4-9,11,15-16H,10H2,1-3H3,(H,22,23,24)/t15-,16-/m1/s1. The van der Waals surface area contributed by atoms with Crippen molar-refractivity contribution >= 4 is 17.5 Å². The lowest BCUT2D eigenvalue weighted by atomic mass is 9.93. The van der Waals surface area contributed by atoms with Crippen LogP contribution in [0.2, 0.25) is 5.02 Å². The minimum Gasteiger partial charge on any atom is -0.493 e. The van der Waals surface area contributed by atoms with E-state index >= 15 is 0 Å². The first kappa shape index (κ1) is 18.4. The van der Waals surface area contributed by atoms with Crippen molar-refractivity contribution in [1.29, 1.82) is 0 Å². The number of hydrogen-bond donors (Lipinski definition) is 1. The van der Waals surface area contributed by atoms with Gasteiger partial charge in [-0.25, -0.2) is 4.68 Å². The lowest BCUT2D eigenvalue weighted by molar-refractivity contribution is 0.322. The molecule has 4 rings (SSSR count). The van der Waals surface area contributed by atoms with E-state index in [4.69, 9.17) is 25.8 Å². The Morgan fingerprint density at radius 1 is 1.00 bits per heavy atom. The number of fused-ring (bicyclic) bond motifs is 1. The highest BCUT2D eigenvalue weighted by molar-refractivity contribution is 6.30. The maximum absolute atomic E-state index is 6.05. The summed E-state index contributed by atoms with van der Waals surface area (Å²) in [6.07, 6.45) is 2.33. The molecule has 8 heteroatoms. The van der Waals surface area contributed by atoms with Crippen LogP contribution in [0.15, 0.2) is 42.7 Å². The maximum Gasteiger partial charge on any atom is 0.222 e. The Kier molecular flexibility index (Phi) is 5.00. The average Bonchev–Trinajstić information content (AvgIpc) is 3.21. The van der Waals surface area contributed by atoms with Gasteiger partial charge in [-0.2, -0.15) is 10.1 Å². The number of rotatable bonds is 5. The lowest BCUT2D eigenvalue weighted by Gasteiger charge is -2.32. The summed E-state index contributed by atoms with van der Waals surface area (Å²) in [5.41, 5.74) is 2.14. The van der Waals surface area contributed by atoms with E-state index in [2.05, 4.69) is 15.4 Å². The molecule has 0 amide bonds. The molecule has 1 aromatic heterocycles. The molecule has 7 nitrogen and oxygen atoms in total. The summed E-state index contributed by atoms with van der Waals surface area (Å²) in [4.78, 5) is 4.37. The molecule has 2 heterocycles. The van der Waals surface area contributed by atoms with E-state index in [1.54, 1.807) is 27.7 Å². The van der Waals surface area contributed by atoms with Gasteiger partial charge in [0.05, 0.1) is 33.4 Å². The van der Waals surface area contributed by atoms with Gasteiger partial charge in [-0.15, -0.1) is 0 Å². The molecule has 0 fully saturated rings. The van der Waals surface area contributed by atoms with Crippen LogP contribution in [0.3, 0.4) is 0 Å². The van der Waals surface area contributed by atoms with Crippen LogP contribution in [0.5, 0.6) is 17.2 Å². The van der Waals surface area contributed by atoms with Gasteiger partial charge in [0.25, 0.3) is 0 Å². The quantitative estimate of drug-likeness (QED) is 0.695. The molecule has 28 heavy (non-hydrogen) atoms. The summed E-state index contributed by atoms with van der Waals surface area (Å²) in [5.74, 6) is 2.50. The molecule has 1 aliphatic heterocycles. The first-order valence-corrected chi connectivity index (χ1v) is 9.23. The van der Waals surface area contributed by atoms with E-state index in [9.17, 15) is 0 Å². The minimum absolute atomic E-state index is 0.0480. The van der Waals surface area contributed by atoms with E-state index in [1.165, 1.54) is 0 Å². The van der Waals surface area contributed by atoms with Crippen molar-refractivity contribution in [1.82, 2.24) is 14.8 Å². The van der Waals surface area contributed by atoms with Gasteiger partial charge in [-0.1, -0.05) is 23.7 Å². The number of anilines is 1. The number of aromatic nitrogens is 3. The molecule has 0 saturated carbocycles. The van der Waals surface area contributed by atoms with E-state index in [1.807, 2.05) is 41.1 Å². The monoisotopic (exact) mass is 400 g/mol. The molecule has 0 radical (unpaired) electrons. The fourth-order valence-electron chi connectivity index (χ4n) is 3.60. The smallest absolute Gasteiger partial charge is 0.222 e. The van der Waals surface area contributed by atoms with Crippen LogP contribution in [0, 0.1) is 0 Å². The van der Waals surface area contributed by atoms with Gasteiger partial charge in [0.2, 0.25) is 11.7 Å². The molecular weight excluding hydrogens is 380 g/mol. The second-order valence-electron chi connectivity index (χ2n) is 6.49. The van der Waals surface area contributed by atoms with Crippen molar-refractivity contribution in [2.24, 2.45) is 0 Å². The van der Waals surface area contributed by atoms with Gasteiger partial charge in [0, 0.05) is 5.02 Å². The van der Waals surface area contributed by atoms with Crippen LogP contribution < -0.4 is 19.5 Å². The predicted molar refractivity (Wildman–Crippen MR) is 107 cm³/mol. The molecule has 2 atom stereocenters. The van der Waals surface area contributed by atoms with Crippen LogP contribution in [-0.4, -0.2) is 36.1 Å². The van der Waals surface area contributed by atoms with Crippen LogP contribution in [-0.2, 0) is 0 Å². The number of methoxy groups -OCH3 is 3. The third-order valence-corrected chi connectivity index (χ3v) is 5.23. The molecule has 1 aliphatic rings. The highest BCUT2D eigenvalue weighted by atomic mass is 35.5. The molecule has 0 aliphatic carbocycles. The van der Waals surface area contributed by atoms with E-state index in [0.29, 0.717) is 28.2 Å². The summed E-state index contributed by atoms with van der Waals surface area (Å²) >= 11 is 6.05. The second kappa shape index (κ2) is 7.59. The molecule has 0 bridgehead atoms. The molecule has 0 spiro atoms. The number of halogens is 1. The van der Waals surface area contributed by atoms with Crippen LogP contribution >= 0.6 is 11.6 Å². The number of nitrogens with one attached hydrogen (secondary N) is 1. The van der Waals surface area contributed by atoms with Crippen molar-refractivity contribution in [2.45, 2.75) is 18.5 Å². The molecular formula is C20H21ClN4O3. The zero-order chi connectivity index (χ0) is 19.7. The Bertz CT molecular complexity index is 949. The Labute approximate surface area is 168 Å². The maximum atomic E-state index is 6.05. The summed E-state index contributed by atoms with van der Waals surface area (Å²) in [6, 6.07) is 11.8. The molecule has 0 unspecified atom stereocenters. The first-order chi connectivity index (χ1) is 13.6. The van der Waals surface area contributed by atoms with Gasteiger partial charge in [-0.05, 0) is 41.8 Å². The van der Waals surface area contributed by atoms with Crippen LogP contribution in [0.1, 0.15) is 29.6 Å². The Morgan fingerprint density at radius 2 is 1.68 bits per heavy atom. The Morgan fingerprint density at radius 3 is 2.29 bits per heavy atom. The summed E-state index contributed by atoms with van der Waals surface area (Å²) < 4.78 is 18.4. The van der Waals surface area contributed by atoms with Gasteiger partial charge in [0.15, 0.2) is 11.5 Å². The molecule has 1 N–H and O–H groups in total. The average molecular weight is 401 g/mol. The van der Waals surface area contributed by atoms with Gasteiger partial charge < -0.3 is 19.5 Å². The Balaban J connectivity index is 1.77. The molecule has 3 aromatic rings. The third kappa shape index (κ3) is 3.22. The van der Waals surface area contributed by atoms with Crippen LogP contribution in [0.25, 0.3) is 0 Å². The van der Waals surface area contributed by atoms with E-state index in [0.717, 1.165) is 17.5 Å². The van der Waals surface area contributed by atoms with Gasteiger partial charge in [-0.3, -0.25) is 0 Å². The minimum atomic E-state index is -0.0480. The highest BCUT2D eigenvalue weighted by Gasteiger charge is 2.31. The number of ether oxygens (including phenoxy) is 3. The number of hydrogen-bond acceptors (Lipinski definition) is 6. The number of benzene rings is 2. The highest BCUT2D eigenvalue weighted by Crippen LogP contribution is 2.44. The zero-order valence-corrected chi connectivity index (χ0v) is 16.6. The van der Waals surface area contributed by atoms with Crippen molar-refractivity contribution in [3.63, 3.8) is 0 Å². The van der Waals surface area contributed by atoms with Crippen molar-refractivity contribution in [2.75, 3.05) is 26.6 Å². The van der Waals surface area contributed by atoms with Crippen molar-refractivity contribution in [3.05, 3.63) is 58.9 Å². The van der Waals surface area contributed by atoms with Gasteiger partial charge in [0.1, 0.15) is 6.33 Å². The third-order valence-electron chi connectivity index (χ3n) is 4.97. The lowest BCUT2D eigenvalue weighted by Crippen LogP contribution is -2.28. The molecule has 2 aromatic carbocycles. The SMILES string of the molecule is COc1cc([C@H]2C[C@H](c3ccc(Cl)cc3)Nc3ncnn32)cc(OC)c1OC. The normalized spacial score (nSPS) is 18.1. The van der Waals surface area contributed by atoms with Crippen molar-refractivity contribution in [3.8, 4) is 17.2 Å². The van der Waals surface area contributed by atoms with Crippen LogP contribution in [0.4, 0.5) is 5.95 Å². The topological polar surface area (TPSA) is 70.4 Å². The fourth-order valence-corrected chi connectivity index (χ4v) is 3.73. The van der Waals surface area contributed by atoms with Gasteiger partial charge >= 0.3 is 0 Å². The fraction of sp³-hybridized carbons (Fsp3) is 0.300. The summed E-state index contributed by atoms with van der Waals surface area (Å²) in [6.45, 7) is 0. The Hall–Kier alpha value is -2.93. The molecule has 0 saturated heterocycles. The van der Waals surface area contributed by atoms with E-state index < -0.39 is 0 Å². The van der Waals surface area contributed by atoms with E-state index in [-0.39, 0.29) is 12.1 Å². The summed E-state index contributed by atoms with van der Waals surface area (Å²) in [5, 5.41) is 8.58.